The second kappa shape index (κ2) is 8.24. The second-order valence-electron chi connectivity index (χ2n) is 6.57. The first-order valence-electron chi connectivity index (χ1n) is 9.14. The Morgan fingerprint density at radius 2 is 1.93 bits per heavy atom. The number of aromatic nitrogens is 1. The smallest absolute Gasteiger partial charge is 0.277 e. The number of unbranched alkanes of at least 4 members (excludes halogenated alkanes) is 1. The van der Waals surface area contributed by atoms with Gasteiger partial charge in [-0.3, -0.25) is 4.79 Å². The number of hydrazone groups is 1. The molecule has 8 nitrogen and oxygen atoms in total. The highest BCUT2D eigenvalue weighted by atomic mass is 16.5. The van der Waals surface area contributed by atoms with Crippen LogP contribution in [0.2, 0.25) is 0 Å². The minimum absolute atomic E-state index is 0.0219. The molecule has 0 aliphatic carbocycles. The first-order chi connectivity index (χ1) is 13.5. The highest BCUT2D eigenvalue weighted by Gasteiger charge is 2.28. The number of pyridine rings is 1. The molecule has 0 spiro atoms. The van der Waals surface area contributed by atoms with Crippen molar-refractivity contribution in [2.75, 3.05) is 26.0 Å². The number of hydrogen-bond donors (Lipinski definition) is 2. The normalized spacial score (nSPS) is 12.9. The summed E-state index contributed by atoms with van der Waals surface area (Å²) in [5.41, 5.74) is 2.22. The average Bonchev–Trinajstić information content (AvgIpc) is 3.20. The predicted octanol–water partition coefficient (Wildman–Crippen LogP) is 3.15. The Morgan fingerprint density at radius 1 is 1.25 bits per heavy atom. The van der Waals surface area contributed by atoms with Crippen LogP contribution in [0.15, 0.2) is 22.0 Å². The Kier molecular flexibility index (Phi) is 5.77. The molecule has 3 rings (SSSR count). The lowest BCUT2D eigenvalue weighted by Gasteiger charge is -2.21. The molecular weight excluding hydrogens is 362 g/mol. The molecule has 1 aromatic carbocycles. The first kappa shape index (κ1) is 19.6. The Morgan fingerprint density at radius 3 is 2.46 bits per heavy atom. The van der Waals surface area contributed by atoms with Gasteiger partial charge in [0.25, 0.3) is 5.56 Å². The number of nitrogens with zero attached hydrogens (tertiary/aromatic N) is 2. The third kappa shape index (κ3) is 3.49. The summed E-state index contributed by atoms with van der Waals surface area (Å²) in [6.45, 7) is 4.04. The summed E-state index contributed by atoms with van der Waals surface area (Å²) in [4.78, 5) is 15.6. The third-order valence-electron chi connectivity index (χ3n) is 4.64. The van der Waals surface area contributed by atoms with Gasteiger partial charge >= 0.3 is 0 Å². The third-order valence-corrected chi connectivity index (χ3v) is 4.64. The van der Waals surface area contributed by atoms with Crippen LogP contribution < -0.4 is 20.0 Å². The largest absolute Gasteiger partial charge is 0.505 e. The monoisotopic (exact) mass is 387 g/mol. The van der Waals surface area contributed by atoms with Crippen molar-refractivity contribution in [1.29, 1.82) is 0 Å². The minimum atomic E-state index is -0.431. The number of aryl methyl sites for hydroxylation is 2. The molecule has 0 bridgehead atoms. The summed E-state index contributed by atoms with van der Waals surface area (Å²) >= 11 is 0. The molecule has 0 saturated heterocycles. The molecule has 8 heteroatoms. The van der Waals surface area contributed by atoms with Gasteiger partial charge < -0.3 is 24.3 Å². The fourth-order valence-electron chi connectivity index (χ4n) is 3.32. The molecule has 2 N–H and O–H groups in total. The van der Waals surface area contributed by atoms with E-state index in [4.69, 9.17) is 14.2 Å². The maximum atomic E-state index is 12.7. The van der Waals surface area contributed by atoms with E-state index in [9.17, 15) is 9.90 Å². The van der Waals surface area contributed by atoms with Gasteiger partial charge in [-0.25, -0.2) is 5.01 Å². The molecule has 2 heterocycles. The van der Waals surface area contributed by atoms with Crippen LogP contribution in [0.25, 0.3) is 11.1 Å². The Bertz CT molecular complexity index is 927. The maximum Gasteiger partial charge on any atom is 0.277 e. The van der Waals surface area contributed by atoms with Crippen LogP contribution in [-0.2, 0) is 11.2 Å². The minimum Gasteiger partial charge on any atom is -0.505 e. The van der Waals surface area contributed by atoms with Crippen molar-refractivity contribution in [2.24, 2.45) is 5.10 Å². The zero-order valence-corrected chi connectivity index (χ0v) is 16.5. The summed E-state index contributed by atoms with van der Waals surface area (Å²) in [6.07, 6.45) is 3.62. The number of aromatic amines is 1. The Balaban J connectivity index is 2.34. The van der Waals surface area contributed by atoms with Crippen molar-refractivity contribution in [3.05, 3.63) is 33.7 Å². The summed E-state index contributed by atoms with van der Waals surface area (Å²) < 4.78 is 16.3. The van der Waals surface area contributed by atoms with Gasteiger partial charge in [-0.05, 0) is 37.5 Å². The van der Waals surface area contributed by atoms with Crippen LogP contribution in [0, 0.1) is 6.92 Å². The van der Waals surface area contributed by atoms with Gasteiger partial charge in [0.05, 0.1) is 25.3 Å². The molecule has 0 amide bonds. The van der Waals surface area contributed by atoms with Crippen molar-refractivity contribution in [3.63, 3.8) is 0 Å². The fourth-order valence-corrected chi connectivity index (χ4v) is 3.32. The van der Waals surface area contributed by atoms with Crippen LogP contribution in [0.3, 0.4) is 0 Å². The van der Waals surface area contributed by atoms with E-state index in [1.165, 1.54) is 11.4 Å². The molecule has 0 radical (unpaired) electrons. The van der Waals surface area contributed by atoms with E-state index < -0.39 is 5.56 Å². The molecule has 28 heavy (non-hydrogen) atoms. The zero-order chi connectivity index (χ0) is 20.3. The summed E-state index contributed by atoms with van der Waals surface area (Å²) in [6, 6.07) is 3.73. The van der Waals surface area contributed by atoms with Crippen LogP contribution in [0.4, 0.5) is 5.69 Å². The van der Waals surface area contributed by atoms with Crippen LogP contribution >= 0.6 is 0 Å². The Hall–Kier alpha value is -3.16. The second-order valence-corrected chi connectivity index (χ2v) is 6.57. The van der Waals surface area contributed by atoms with E-state index in [1.807, 2.05) is 19.1 Å². The van der Waals surface area contributed by atoms with E-state index in [1.54, 1.807) is 14.2 Å². The van der Waals surface area contributed by atoms with Gasteiger partial charge in [0.2, 0.25) is 0 Å². The molecule has 1 aliphatic rings. The summed E-state index contributed by atoms with van der Waals surface area (Å²) in [7, 11) is 3.12. The molecule has 0 saturated carbocycles. The highest BCUT2D eigenvalue weighted by molar-refractivity contribution is 5.87. The summed E-state index contributed by atoms with van der Waals surface area (Å²) in [5.74, 6) is 0.908. The number of nitrogens with one attached hydrogen (secondary N) is 1. The number of rotatable bonds is 7. The zero-order valence-electron chi connectivity index (χ0n) is 16.5. The topological polar surface area (TPSA) is 96.4 Å². The standard InChI is InChI=1S/C20H25N3O5/c1-5-6-7-13-16(17-14(26-3)8-12(2)9-15(17)27-4)19(24)18(20(25)22-13)23-11-28-10-21-23/h8-10H,5-7,11H2,1-4H3,(H2,22,24,25). The van der Waals surface area contributed by atoms with E-state index in [2.05, 4.69) is 17.0 Å². The van der Waals surface area contributed by atoms with Gasteiger partial charge in [0, 0.05) is 5.69 Å². The van der Waals surface area contributed by atoms with Gasteiger partial charge in [-0.15, -0.1) is 5.10 Å². The average molecular weight is 387 g/mol. The predicted molar refractivity (Wildman–Crippen MR) is 108 cm³/mol. The van der Waals surface area contributed by atoms with Gasteiger partial charge in [0.1, 0.15) is 11.5 Å². The number of anilines is 1. The highest BCUT2D eigenvalue weighted by Crippen LogP contribution is 2.47. The summed E-state index contributed by atoms with van der Waals surface area (Å²) in [5, 5.41) is 16.5. The van der Waals surface area contributed by atoms with Crippen LogP contribution in [-0.4, -0.2) is 37.4 Å². The van der Waals surface area contributed by atoms with Crippen LogP contribution in [0.5, 0.6) is 17.2 Å². The fraction of sp³-hybridized carbons (Fsp3) is 0.400. The maximum absolute atomic E-state index is 12.7. The van der Waals surface area contributed by atoms with Crippen molar-refractivity contribution in [2.45, 2.75) is 33.1 Å². The van der Waals surface area contributed by atoms with Crippen molar-refractivity contribution in [1.82, 2.24) is 4.98 Å². The number of benzene rings is 1. The first-order valence-corrected chi connectivity index (χ1v) is 9.14. The van der Waals surface area contributed by atoms with Gasteiger partial charge in [-0.2, -0.15) is 0 Å². The van der Waals surface area contributed by atoms with Crippen molar-refractivity contribution >= 4 is 12.1 Å². The van der Waals surface area contributed by atoms with Gasteiger partial charge in [0.15, 0.2) is 24.6 Å². The Labute approximate surface area is 163 Å². The molecule has 150 valence electrons. The lowest BCUT2D eigenvalue weighted by molar-refractivity contribution is 0.347. The van der Waals surface area contributed by atoms with E-state index >= 15 is 0 Å². The quantitative estimate of drug-likeness (QED) is 0.758. The molecular formula is C20H25N3O5. The lowest BCUT2D eigenvalue weighted by atomic mass is 9.96. The number of methoxy groups -OCH3 is 2. The molecule has 0 unspecified atom stereocenters. The van der Waals surface area contributed by atoms with Gasteiger partial charge in [-0.1, -0.05) is 13.3 Å². The van der Waals surface area contributed by atoms with E-state index in [0.29, 0.717) is 34.7 Å². The molecule has 1 aromatic heterocycles. The number of aromatic hydroxyl groups is 1. The molecule has 2 aromatic rings. The lowest BCUT2D eigenvalue weighted by Crippen LogP contribution is -2.24. The molecule has 1 aliphatic heterocycles. The van der Waals surface area contributed by atoms with Crippen LogP contribution in [0.1, 0.15) is 31.0 Å². The number of H-pyrrole nitrogens is 1. The number of hydrogen-bond acceptors (Lipinski definition) is 7. The molecule has 0 fully saturated rings. The van der Waals surface area contributed by atoms with Crippen molar-refractivity contribution < 1.29 is 19.3 Å². The molecule has 0 atom stereocenters. The van der Waals surface area contributed by atoms with Crippen molar-refractivity contribution in [3.8, 4) is 28.4 Å². The van der Waals surface area contributed by atoms with E-state index in [0.717, 1.165) is 18.4 Å². The number of ether oxygens (including phenoxy) is 3. The SMILES string of the molecule is CCCCc1[nH]c(=O)c(N2COC=N2)c(O)c1-c1c(OC)cc(C)cc1OC. The van der Waals surface area contributed by atoms with E-state index in [-0.39, 0.29) is 18.2 Å².